The molecule has 0 bridgehead atoms. The highest BCUT2D eigenvalue weighted by atomic mass is 35.5. The largest absolute Gasteiger partial charge is 0.295 e. The molecule has 0 saturated carbocycles. The van der Waals surface area contributed by atoms with E-state index in [1.807, 2.05) is 0 Å². The van der Waals surface area contributed by atoms with Crippen LogP contribution in [0.4, 0.5) is 0 Å². The Labute approximate surface area is 155 Å². The van der Waals surface area contributed by atoms with Crippen molar-refractivity contribution in [3.05, 3.63) is 34.4 Å². The van der Waals surface area contributed by atoms with Crippen LogP contribution in [-0.2, 0) is 22.7 Å². The summed E-state index contributed by atoms with van der Waals surface area (Å²) >= 11 is 5.75. The SMILES string of the molecule is O=C1CCC(N2C(=O)c3cc4c(cc3C2=O)CN(CCCCl)C4)C(=O)N1. The van der Waals surface area contributed by atoms with Gasteiger partial charge in [0.25, 0.3) is 11.8 Å². The van der Waals surface area contributed by atoms with Crippen molar-refractivity contribution in [3.8, 4) is 0 Å². The average Bonchev–Trinajstić information content (AvgIpc) is 3.11. The number of carbonyl (C=O) groups is 4. The van der Waals surface area contributed by atoms with E-state index in [-0.39, 0.29) is 18.7 Å². The number of alkyl halides is 1. The summed E-state index contributed by atoms with van der Waals surface area (Å²) in [6.07, 6.45) is 1.17. The molecule has 0 aliphatic carbocycles. The maximum absolute atomic E-state index is 12.8. The number of piperidine rings is 1. The Morgan fingerprint density at radius 3 is 2.19 bits per heavy atom. The third-order valence-electron chi connectivity index (χ3n) is 5.16. The first-order valence-corrected chi connectivity index (χ1v) is 9.18. The number of halogens is 1. The molecule has 3 aliphatic heterocycles. The lowest BCUT2D eigenvalue weighted by Crippen LogP contribution is -2.54. The van der Waals surface area contributed by atoms with Gasteiger partial charge in [0, 0.05) is 25.4 Å². The fraction of sp³-hybridized carbons (Fsp3) is 0.444. The molecule has 0 radical (unpaired) electrons. The van der Waals surface area contributed by atoms with Crippen LogP contribution in [0, 0.1) is 0 Å². The van der Waals surface area contributed by atoms with E-state index in [0.29, 0.717) is 17.0 Å². The van der Waals surface area contributed by atoms with Gasteiger partial charge in [0.2, 0.25) is 11.8 Å². The van der Waals surface area contributed by atoms with E-state index in [1.165, 1.54) is 0 Å². The molecule has 0 aromatic heterocycles. The van der Waals surface area contributed by atoms with Crippen LogP contribution in [0.1, 0.15) is 51.1 Å². The van der Waals surface area contributed by atoms with Crippen LogP contribution in [0.3, 0.4) is 0 Å². The third kappa shape index (κ3) is 2.71. The second-order valence-electron chi connectivity index (χ2n) is 6.87. The van der Waals surface area contributed by atoms with Crippen LogP contribution in [-0.4, -0.2) is 51.9 Å². The molecular weight excluding hydrogens is 358 g/mol. The van der Waals surface area contributed by atoms with Gasteiger partial charge < -0.3 is 0 Å². The summed E-state index contributed by atoms with van der Waals surface area (Å²) in [7, 11) is 0. The van der Waals surface area contributed by atoms with E-state index < -0.39 is 23.8 Å². The number of hydrogen-bond acceptors (Lipinski definition) is 5. The minimum absolute atomic E-state index is 0.121. The van der Waals surface area contributed by atoms with Gasteiger partial charge in [0.05, 0.1) is 11.1 Å². The average molecular weight is 376 g/mol. The molecule has 1 unspecified atom stereocenters. The van der Waals surface area contributed by atoms with Gasteiger partial charge in [-0.25, -0.2) is 0 Å². The first-order chi connectivity index (χ1) is 12.5. The minimum Gasteiger partial charge on any atom is -0.295 e. The van der Waals surface area contributed by atoms with Gasteiger partial charge in [-0.2, -0.15) is 0 Å². The molecule has 8 heteroatoms. The lowest BCUT2D eigenvalue weighted by molar-refractivity contribution is -0.136. The van der Waals surface area contributed by atoms with Crippen molar-refractivity contribution in [1.29, 1.82) is 0 Å². The zero-order valence-electron chi connectivity index (χ0n) is 14.1. The number of rotatable bonds is 4. The fourth-order valence-corrected chi connectivity index (χ4v) is 4.00. The van der Waals surface area contributed by atoms with Crippen molar-refractivity contribution in [3.63, 3.8) is 0 Å². The Morgan fingerprint density at radius 2 is 1.65 bits per heavy atom. The highest BCUT2D eigenvalue weighted by Crippen LogP contribution is 2.33. The van der Waals surface area contributed by atoms with Gasteiger partial charge in [-0.3, -0.25) is 34.3 Å². The summed E-state index contributed by atoms with van der Waals surface area (Å²) in [4.78, 5) is 52.2. The van der Waals surface area contributed by atoms with Crippen LogP contribution in [0.25, 0.3) is 0 Å². The maximum atomic E-state index is 12.8. The maximum Gasteiger partial charge on any atom is 0.262 e. The van der Waals surface area contributed by atoms with Crippen molar-refractivity contribution in [2.45, 2.75) is 38.4 Å². The lowest BCUT2D eigenvalue weighted by atomic mass is 10.0. The van der Waals surface area contributed by atoms with E-state index in [0.717, 1.165) is 42.1 Å². The molecule has 4 amide bonds. The summed E-state index contributed by atoms with van der Waals surface area (Å²) in [5, 5.41) is 2.20. The van der Waals surface area contributed by atoms with Crippen LogP contribution >= 0.6 is 11.6 Å². The third-order valence-corrected chi connectivity index (χ3v) is 5.42. The second kappa shape index (κ2) is 6.48. The number of fused-ring (bicyclic) bond motifs is 2. The van der Waals surface area contributed by atoms with Gasteiger partial charge >= 0.3 is 0 Å². The molecule has 1 aromatic carbocycles. The van der Waals surface area contributed by atoms with Gasteiger partial charge in [-0.1, -0.05) is 0 Å². The van der Waals surface area contributed by atoms with Crippen LogP contribution < -0.4 is 5.32 Å². The Kier molecular flexibility index (Phi) is 4.28. The van der Waals surface area contributed by atoms with E-state index in [2.05, 4.69) is 10.2 Å². The van der Waals surface area contributed by atoms with Crippen molar-refractivity contribution in [1.82, 2.24) is 15.1 Å². The van der Waals surface area contributed by atoms with Crippen molar-refractivity contribution >= 4 is 35.2 Å². The first-order valence-electron chi connectivity index (χ1n) is 8.65. The van der Waals surface area contributed by atoms with Crippen molar-refractivity contribution in [2.75, 3.05) is 12.4 Å². The topological polar surface area (TPSA) is 86.8 Å². The van der Waals surface area contributed by atoms with Crippen molar-refractivity contribution in [2.24, 2.45) is 0 Å². The lowest BCUT2D eigenvalue weighted by Gasteiger charge is -2.27. The number of imide groups is 2. The van der Waals surface area contributed by atoms with E-state index in [4.69, 9.17) is 11.6 Å². The number of benzene rings is 1. The highest BCUT2D eigenvalue weighted by Gasteiger charge is 2.45. The van der Waals surface area contributed by atoms with Crippen molar-refractivity contribution < 1.29 is 19.2 Å². The van der Waals surface area contributed by atoms with Gasteiger partial charge in [-0.05, 0) is 42.6 Å². The van der Waals surface area contributed by atoms with Crippen LogP contribution in [0.2, 0.25) is 0 Å². The number of nitrogens with zero attached hydrogens (tertiary/aromatic N) is 2. The number of carbonyl (C=O) groups excluding carboxylic acids is 4. The predicted molar refractivity (Wildman–Crippen MR) is 92.6 cm³/mol. The summed E-state index contributed by atoms with van der Waals surface area (Å²) < 4.78 is 0. The molecule has 136 valence electrons. The molecule has 1 aromatic rings. The summed E-state index contributed by atoms with van der Waals surface area (Å²) in [6.45, 7) is 2.31. The Morgan fingerprint density at radius 1 is 1.04 bits per heavy atom. The molecule has 1 saturated heterocycles. The quantitative estimate of drug-likeness (QED) is 0.627. The second-order valence-corrected chi connectivity index (χ2v) is 7.24. The molecule has 3 heterocycles. The van der Waals surface area contributed by atoms with Gasteiger partial charge in [-0.15, -0.1) is 11.6 Å². The zero-order valence-corrected chi connectivity index (χ0v) is 14.8. The van der Waals surface area contributed by atoms with Crippen LogP contribution in [0.5, 0.6) is 0 Å². The van der Waals surface area contributed by atoms with E-state index in [1.54, 1.807) is 12.1 Å². The van der Waals surface area contributed by atoms with E-state index >= 15 is 0 Å². The van der Waals surface area contributed by atoms with E-state index in [9.17, 15) is 19.2 Å². The molecule has 26 heavy (non-hydrogen) atoms. The monoisotopic (exact) mass is 375 g/mol. The highest BCUT2D eigenvalue weighted by molar-refractivity contribution is 6.23. The minimum atomic E-state index is -0.921. The molecule has 3 aliphatic rings. The summed E-state index contributed by atoms with van der Waals surface area (Å²) in [5.41, 5.74) is 2.75. The normalized spacial score (nSPS) is 22.7. The van der Waals surface area contributed by atoms with Crippen LogP contribution in [0.15, 0.2) is 12.1 Å². The predicted octanol–water partition coefficient (Wildman–Crippen LogP) is 1.03. The zero-order chi connectivity index (χ0) is 18.4. The smallest absolute Gasteiger partial charge is 0.262 e. The molecule has 1 N–H and O–H groups in total. The number of amides is 4. The van der Waals surface area contributed by atoms with Gasteiger partial charge in [0.15, 0.2) is 0 Å². The molecule has 4 rings (SSSR count). The molecular formula is C18H18ClN3O4. The number of nitrogens with one attached hydrogen (secondary N) is 1. The summed E-state index contributed by atoms with van der Waals surface area (Å²) in [6, 6.07) is 2.63. The molecule has 0 spiro atoms. The first kappa shape index (κ1) is 17.2. The number of hydrogen-bond donors (Lipinski definition) is 1. The Hall–Kier alpha value is -2.25. The summed E-state index contributed by atoms with van der Waals surface area (Å²) in [5.74, 6) is -1.28. The molecule has 1 atom stereocenters. The molecule has 7 nitrogen and oxygen atoms in total. The standard InChI is InChI=1S/C18H18ClN3O4/c19-4-1-5-21-8-10-6-12-13(7-11(10)9-21)18(26)22(17(12)25)14-2-3-15(23)20-16(14)24/h6-7,14H,1-5,8-9H2,(H,20,23,24). The fourth-order valence-electron chi connectivity index (χ4n) is 3.88. The van der Waals surface area contributed by atoms with Gasteiger partial charge in [0.1, 0.15) is 6.04 Å². The Balaban J connectivity index is 1.59. The molecule has 1 fully saturated rings. The Bertz CT molecular complexity index is 793.